The van der Waals surface area contributed by atoms with E-state index in [0.717, 1.165) is 21.9 Å². The van der Waals surface area contributed by atoms with E-state index >= 15 is 0 Å². The molecule has 0 spiro atoms. The van der Waals surface area contributed by atoms with Crippen LogP contribution in [0.5, 0.6) is 0 Å². The standard InChI is InChI=1S/C13H16BrN3O3S/c1-8-13-10-4-3-9(14)7-11(10)12(20-21(2,18)19)5-6-17(13)16-15-8/h3-4,7-8,12-13H,5-6H2,1-2H3. The van der Waals surface area contributed by atoms with E-state index in [-0.39, 0.29) is 12.1 Å². The first-order chi connectivity index (χ1) is 9.85. The van der Waals surface area contributed by atoms with Crippen molar-refractivity contribution in [2.75, 3.05) is 12.8 Å². The molecule has 0 N–H and O–H groups in total. The van der Waals surface area contributed by atoms with Crippen molar-refractivity contribution in [3.05, 3.63) is 33.8 Å². The molecule has 21 heavy (non-hydrogen) atoms. The highest BCUT2D eigenvalue weighted by atomic mass is 79.9. The van der Waals surface area contributed by atoms with Crippen molar-refractivity contribution < 1.29 is 12.6 Å². The van der Waals surface area contributed by atoms with Crippen molar-refractivity contribution in [3.63, 3.8) is 0 Å². The van der Waals surface area contributed by atoms with Crippen LogP contribution in [0.3, 0.4) is 0 Å². The van der Waals surface area contributed by atoms with Gasteiger partial charge in [0, 0.05) is 11.0 Å². The Bertz CT molecular complexity index is 692. The van der Waals surface area contributed by atoms with Crippen molar-refractivity contribution >= 4 is 26.0 Å². The molecule has 6 nitrogen and oxygen atoms in total. The molecule has 2 heterocycles. The summed E-state index contributed by atoms with van der Waals surface area (Å²) in [5, 5.41) is 10.3. The van der Waals surface area contributed by atoms with E-state index in [1.54, 1.807) is 0 Å². The van der Waals surface area contributed by atoms with E-state index in [9.17, 15) is 8.42 Å². The zero-order valence-electron chi connectivity index (χ0n) is 11.7. The number of halogens is 1. The molecule has 0 bridgehead atoms. The highest BCUT2D eigenvalue weighted by Crippen LogP contribution is 2.42. The molecule has 0 saturated heterocycles. The second-order valence-corrected chi connectivity index (χ2v) is 7.92. The monoisotopic (exact) mass is 373 g/mol. The summed E-state index contributed by atoms with van der Waals surface area (Å²) >= 11 is 3.45. The molecular weight excluding hydrogens is 358 g/mol. The molecule has 114 valence electrons. The quantitative estimate of drug-likeness (QED) is 0.747. The van der Waals surface area contributed by atoms with Gasteiger partial charge in [-0.25, -0.2) is 0 Å². The van der Waals surface area contributed by atoms with E-state index in [1.807, 2.05) is 30.1 Å². The summed E-state index contributed by atoms with van der Waals surface area (Å²) < 4.78 is 29.2. The summed E-state index contributed by atoms with van der Waals surface area (Å²) in [6, 6.07) is 5.96. The lowest BCUT2D eigenvalue weighted by atomic mass is 9.94. The highest BCUT2D eigenvalue weighted by molar-refractivity contribution is 9.10. The molecule has 3 rings (SSSR count). The fraction of sp³-hybridized carbons (Fsp3) is 0.538. The van der Waals surface area contributed by atoms with Gasteiger partial charge in [-0.05, 0) is 36.6 Å². The molecule has 2 aliphatic heterocycles. The average Bonchev–Trinajstić information content (AvgIpc) is 2.67. The Morgan fingerprint density at radius 3 is 2.86 bits per heavy atom. The zero-order valence-corrected chi connectivity index (χ0v) is 14.1. The molecule has 0 amide bonds. The Balaban J connectivity index is 2.08. The maximum atomic E-state index is 11.5. The topological polar surface area (TPSA) is 71.3 Å². The number of nitrogens with zero attached hydrogens (tertiary/aromatic N) is 3. The molecular formula is C13H16BrN3O3S. The molecule has 0 saturated carbocycles. The summed E-state index contributed by atoms with van der Waals surface area (Å²) in [6.45, 7) is 2.63. The van der Waals surface area contributed by atoms with E-state index < -0.39 is 16.2 Å². The van der Waals surface area contributed by atoms with Gasteiger partial charge in [0.15, 0.2) is 0 Å². The minimum Gasteiger partial charge on any atom is -0.269 e. The number of hydrogen-bond acceptors (Lipinski definition) is 6. The third kappa shape index (κ3) is 2.97. The van der Waals surface area contributed by atoms with E-state index in [4.69, 9.17) is 4.18 Å². The van der Waals surface area contributed by atoms with Gasteiger partial charge in [-0.1, -0.05) is 27.2 Å². The molecule has 1 aromatic carbocycles. The van der Waals surface area contributed by atoms with Crippen LogP contribution in [-0.4, -0.2) is 32.3 Å². The maximum Gasteiger partial charge on any atom is 0.264 e. The Morgan fingerprint density at radius 1 is 1.38 bits per heavy atom. The number of hydrogen-bond donors (Lipinski definition) is 0. The van der Waals surface area contributed by atoms with Crippen molar-refractivity contribution in [1.29, 1.82) is 0 Å². The van der Waals surface area contributed by atoms with Crippen LogP contribution < -0.4 is 0 Å². The fourth-order valence-corrected chi connectivity index (χ4v) is 3.93. The predicted octanol–water partition coefficient (Wildman–Crippen LogP) is 2.98. The molecule has 1 aromatic rings. The Morgan fingerprint density at radius 2 is 2.14 bits per heavy atom. The largest absolute Gasteiger partial charge is 0.269 e. The third-order valence-corrected chi connectivity index (χ3v) is 4.83. The lowest BCUT2D eigenvalue weighted by Crippen LogP contribution is -2.25. The molecule has 2 aliphatic rings. The van der Waals surface area contributed by atoms with Crippen molar-refractivity contribution in [3.8, 4) is 0 Å². The molecule has 0 aromatic heterocycles. The van der Waals surface area contributed by atoms with E-state index in [0.29, 0.717) is 13.0 Å². The van der Waals surface area contributed by atoms with Gasteiger partial charge in [-0.2, -0.15) is 13.5 Å². The smallest absolute Gasteiger partial charge is 0.264 e. The first kappa shape index (κ1) is 14.9. The first-order valence-corrected chi connectivity index (χ1v) is 9.31. The van der Waals surface area contributed by atoms with Gasteiger partial charge in [-0.15, -0.1) is 0 Å². The SMILES string of the molecule is CC1N=NN2CCC(OS(C)(=O)=O)c3cc(Br)ccc3C12. The summed E-state index contributed by atoms with van der Waals surface area (Å²) in [4.78, 5) is 0. The first-order valence-electron chi connectivity index (χ1n) is 6.70. The van der Waals surface area contributed by atoms with Gasteiger partial charge in [0.2, 0.25) is 0 Å². The molecule has 0 radical (unpaired) electrons. The van der Waals surface area contributed by atoms with Crippen LogP contribution in [0.2, 0.25) is 0 Å². The number of fused-ring (bicyclic) bond motifs is 3. The minimum atomic E-state index is -3.52. The van der Waals surface area contributed by atoms with Crippen LogP contribution in [0.1, 0.15) is 36.6 Å². The number of benzene rings is 1. The second kappa shape index (κ2) is 5.33. The Kier molecular flexibility index (Phi) is 3.79. The average molecular weight is 374 g/mol. The molecule has 3 unspecified atom stereocenters. The van der Waals surface area contributed by atoms with Gasteiger partial charge < -0.3 is 0 Å². The lowest BCUT2D eigenvalue weighted by Gasteiger charge is -2.23. The van der Waals surface area contributed by atoms with Crippen LogP contribution >= 0.6 is 15.9 Å². The molecule has 3 atom stereocenters. The van der Waals surface area contributed by atoms with Crippen LogP contribution in [0.15, 0.2) is 33.0 Å². The van der Waals surface area contributed by atoms with Crippen molar-refractivity contribution in [1.82, 2.24) is 5.01 Å². The molecule has 8 heteroatoms. The third-order valence-electron chi connectivity index (χ3n) is 3.75. The lowest BCUT2D eigenvalue weighted by molar-refractivity contribution is 0.173. The van der Waals surface area contributed by atoms with E-state index in [1.165, 1.54) is 0 Å². The van der Waals surface area contributed by atoms with Crippen molar-refractivity contribution in [2.45, 2.75) is 31.5 Å². The zero-order chi connectivity index (χ0) is 15.2. The van der Waals surface area contributed by atoms with Crippen LogP contribution in [0.4, 0.5) is 0 Å². The predicted molar refractivity (Wildman–Crippen MR) is 81.2 cm³/mol. The van der Waals surface area contributed by atoms with Gasteiger partial charge >= 0.3 is 0 Å². The Hall–Kier alpha value is -0.990. The summed E-state index contributed by atoms with van der Waals surface area (Å²) in [7, 11) is -3.52. The normalized spacial score (nSPS) is 28.1. The minimum absolute atomic E-state index is 0.0428. The van der Waals surface area contributed by atoms with Crippen LogP contribution in [-0.2, 0) is 14.3 Å². The van der Waals surface area contributed by atoms with E-state index in [2.05, 4.69) is 26.3 Å². The second-order valence-electron chi connectivity index (χ2n) is 5.40. The van der Waals surface area contributed by atoms with Gasteiger partial charge in [0.25, 0.3) is 10.1 Å². The van der Waals surface area contributed by atoms with Gasteiger partial charge in [-0.3, -0.25) is 9.19 Å². The molecule has 0 fully saturated rings. The summed E-state index contributed by atoms with van der Waals surface area (Å²) in [5.41, 5.74) is 1.92. The molecule has 0 aliphatic carbocycles. The van der Waals surface area contributed by atoms with Crippen LogP contribution in [0, 0.1) is 0 Å². The summed E-state index contributed by atoms with van der Waals surface area (Å²) in [5.74, 6) is 0. The fourth-order valence-electron chi connectivity index (χ4n) is 2.93. The number of rotatable bonds is 2. The Labute approximate surface area is 132 Å². The van der Waals surface area contributed by atoms with Crippen LogP contribution in [0.25, 0.3) is 0 Å². The van der Waals surface area contributed by atoms with Crippen molar-refractivity contribution in [2.24, 2.45) is 10.3 Å². The van der Waals surface area contributed by atoms with Gasteiger partial charge in [0.05, 0.1) is 18.3 Å². The summed E-state index contributed by atoms with van der Waals surface area (Å²) in [6.07, 6.45) is 1.15. The van der Waals surface area contributed by atoms with Gasteiger partial charge in [0.1, 0.15) is 6.10 Å². The maximum absolute atomic E-state index is 11.5. The highest BCUT2D eigenvalue weighted by Gasteiger charge is 2.37.